The molecule has 1 aromatic rings. The predicted molar refractivity (Wildman–Crippen MR) is 68.6 cm³/mol. The number of hydrazone groups is 2. The van der Waals surface area contributed by atoms with Gasteiger partial charge in [0.1, 0.15) is 5.75 Å². The second-order valence-corrected chi connectivity index (χ2v) is 3.95. The fourth-order valence-electron chi connectivity index (χ4n) is 1.48. The molecule has 1 atom stereocenters. The van der Waals surface area contributed by atoms with E-state index in [-0.39, 0.29) is 5.75 Å². The first-order valence-electron chi connectivity index (χ1n) is 5.54. The van der Waals surface area contributed by atoms with Gasteiger partial charge in [-0.3, -0.25) is 9.59 Å². The van der Waals surface area contributed by atoms with Gasteiger partial charge in [0.15, 0.2) is 5.92 Å². The highest BCUT2D eigenvalue weighted by molar-refractivity contribution is 6.15. The maximum absolute atomic E-state index is 11.6. The van der Waals surface area contributed by atoms with Gasteiger partial charge >= 0.3 is 0 Å². The Morgan fingerprint density at radius 1 is 1.42 bits per heavy atom. The van der Waals surface area contributed by atoms with Gasteiger partial charge in [-0.25, -0.2) is 10.9 Å². The van der Waals surface area contributed by atoms with Crippen molar-refractivity contribution < 1.29 is 14.7 Å². The summed E-state index contributed by atoms with van der Waals surface area (Å²) in [6, 6.07) is 6.38. The molecule has 0 aliphatic carbocycles. The molecule has 0 aromatic heterocycles. The largest absolute Gasteiger partial charge is 0.508 e. The summed E-state index contributed by atoms with van der Waals surface area (Å²) in [7, 11) is 0. The van der Waals surface area contributed by atoms with Crippen LogP contribution in [-0.4, -0.2) is 28.8 Å². The summed E-state index contributed by atoms with van der Waals surface area (Å²) in [4.78, 5) is 22.8. The molecule has 3 N–H and O–H groups in total. The fourth-order valence-corrected chi connectivity index (χ4v) is 1.48. The third kappa shape index (κ3) is 2.95. The van der Waals surface area contributed by atoms with Crippen molar-refractivity contribution in [1.82, 2.24) is 10.9 Å². The van der Waals surface area contributed by atoms with E-state index in [2.05, 4.69) is 21.1 Å². The minimum absolute atomic E-state index is 0.152. The van der Waals surface area contributed by atoms with E-state index in [1.807, 2.05) is 0 Å². The van der Waals surface area contributed by atoms with Crippen LogP contribution in [0.25, 0.3) is 0 Å². The monoisotopic (exact) mass is 260 g/mol. The van der Waals surface area contributed by atoms with Crippen molar-refractivity contribution in [2.75, 3.05) is 0 Å². The molecule has 7 nitrogen and oxygen atoms in total. The molecule has 1 aliphatic rings. The molecular formula is C12H12N4O3. The van der Waals surface area contributed by atoms with E-state index >= 15 is 0 Å². The van der Waals surface area contributed by atoms with E-state index < -0.39 is 17.7 Å². The van der Waals surface area contributed by atoms with E-state index in [1.165, 1.54) is 18.3 Å². The number of benzene rings is 1. The van der Waals surface area contributed by atoms with E-state index in [1.54, 1.807) is 19.1 Å². The quantitative estimate of drug-likeness (QED) is 0.403. The molecule has 0 fully saturated rings. The number of hydrogen-bond donors (Lipinski definition) is 3. The van der Waals surface area contributed by atoms with E-state index in [0.29, 0.717) is 5.71 Å². The van der Waals surface area contributed by atoms with Gasteiger partial charge in [-0.2, -0.15) is 10.2 Å². The van der Waals surface area contributed by atoms with Gasteiger partial charge in [0, 0.05) is 6.21 Å². The lowest BCUT2D eigenvalue weighted by atomic mass is 10.1. The van der Waals surface area contributed by atoms with Crippen LogP contribution in [-0.2, 0) is 9.59 Å². The second kappa shape index (κ2) is 5.30. The average molecular weight is 260 g/mol. The number of nitrogens with zero attached hydrogens (tertiary/aromatic N) is 2. The van der Waals surface area contributed by atoms with Crippen LogP contribution >= 0.6 is 0 Å². The molecule has 0 spiro atoms. The Kier molecular flexibility index (Phi) is 3.56. The Morgan fingerprint density at radius 3 is 2.68 bits per heavy atom. The van der Waals surface area contributed by atoms with Crippen molar-refractivity contribution in [2.24, 2.45) is 16.1 Å². The number of carbonyl (C=O) groups is 2. The van der Waals surface area contributed by atoms with Gasteiger partial charge in [-0.1, -0.05) is 0 Å². The van der Waals surface area contributed by atoms with Crippen LogP contribution in [0.1, 0.15) is 12.5 Å². The number of aromatic hydroxyl groups is 1. The lowest BCUT2D eigenvalue weighted by Crippen LogP contribution is -2.34. The molecule has 2 rings (SSSR count). The van der Waals surface area contributed by atoms with Gasteiger partial charge in [0.05, 0.1) is 5.71 Å². The van der Waals surface area contributed by atoms with Crippen molar-refractivity contribution in [3.63, 3.8) is 0 Å². The summed E-state index contributed by atoms with van der Waals surface area (Å²) in [6.07, 6.45) is 1.23. The molecule has 7 heteroatoms. The molecule has 0 bridgehead atoms. The van der Waals surface area contributed by atoms with Gasteiger partial charge < -0.3 is 5.11 Å². The normalized spacial score (nSPS) is 18.3. The van der Waals surface area contributed by atoms with Crippen molar-refractivity contribution in [1.29, 1.82) is 0 Å². The van der Waals surface area contributed by atoms with E-state index in [9.17, 15) is 9.59 Å². The Balaban J connectivity index is 2.02. The van der Waals surface area contributed by atoms with Gasteiger partial charge in [-0.15, -0.1) is 0 Å². The highest BCUT2D eigenvalue weighted by Gasteiger charge is 2.28. The third-order valence-corrected chi connectivity index (χ3v) is 2.58. The molecule has 1 unspecified atom stereocenters. The van der Waals surface area contributed by atoms with Crippen molar-refractivity contribution in [2.45, 2.75) is 6.92 Å². The first-order chi connectivity index (χ1) is 9.08. The van der Waals surface area contributed by atoms with Crippen LogP contribution in [0.4, 0.5) is 0 Å². The Labute approximate surface area is 109 Å². The standard InChI is InChI=1S/C12H12N4O3/c1-7(8-2-4-9(17)5-3-8)14-16-12(19)10-6-13-15-11(10)18/h2-6,10,17H,1H3,(H,15,18)(H,16,19)/b14-7+. The minimum atomic E-state index is -0.948. The Bertz CT molecular complexity index is 563. The molecule has 2 amide bonds. The Hall–Kier alpha value is -2.70. The zero-order chi connectivity index (χ0) is 13.8. The maximum Gasteiger partial charge on any atom is 0.258 e. The summed E-state index contributed by atoms with van der Waals surface area (Å²) >= 11 is 0. The molecule has 1 aliphatic heterocycles. The zero-order valence-corrected chi connectivity index (χ0v) is 10.1. The number of hydrogen-bond acceptors (Lipinski definition) is 5. The molecule has 98 valence electrons. The summed E-state index contributed by atoms with van der Waals surface area (Å²) in [5.74, 6) is -1.82. The van der Waals surface area contributed by atoms with Crippen molar-refractivity contribution in [3.05, 3.63) is 29.8 Å². The number of amides is 2. The topological polar surface area (TPSA) is 103 Å². The maximum atomic E-state index is 11.6. The SMILES string of the molecule is C/C(=N\NC(=O)C1C=NNC1=O)c1ccc(O)cc1. The number of rotatable bonds is 3. The van der Waals surface area contributed by atoms with Crippen LogP contribution in [0, 0.1) is 5.92 Å². The van der Waals surface area contributed by atoms with E-state index in [0.717, 1.165) is 5.56 Å². The predicted octanol–water partition coefficient (Wildman–Crippen LogP) is -0.0358. The molecule has 1 aromatic carbocycles. The molecule has 0 saturated heterocycles. The summed E-state index contributed by atoms with van der Waals surface area (Å²) in [5, 5.41) is 16.6. The summed E-state index contributed by atoms with van der Waals surface area (Å²) in [5.41, 5.74) is 5.78. The lowest BCUT2D eigenvalue weighted by molar-refractivity contribution is -0.131. The summed E-state index contributed by atoms with van der Waals surface area (Å²) < 4.78 is 0. The number of phenols is 1. The van der Waals surface area contributed by atoms with Gasteiger partial charge in [-0.05, 0) is 36.8 Å². The van der Waals surface area contributed by atoms with Gasteiger partial charge in [0.2, 0.25) is 0 Å². The molecular weight excluding hydrogens is 248 g/mol. The highest BCUT2D eigenvalue weighted by atomic mass is 16.3. The molecule has 0 saturated carbocycles. The average Bonchev–Trinajstić information content (AvgIpc) is 2.83. The first kappa shape index (κ1) is 12.7. The molecule has 1 heterocycles. The first-order valence-corrected chi connectivity index (χ1v) is 5.54. The minimum Gasteiger partial charge on any atom is -0.508 e. The second-order valence-electron chi connectivity index (χ2n) is 3.95. The zero-order valence-electron chi connectivity index (χ0n) is 10.1. The number of nitrogens with one attached hydrogen (secondary N) is 2. The van der Waals surface area contributed by atoms with Gasteiger partial charge in [0.25, 0.3) is 11.8 Å². The van der Waals surface area contributed by atoms with Crippen molar-refractivity contribution >= 4 is 23.7 Å². The summed E-state index contributed by atoms with van der Waals surface area (Å²) in [6.45, 7) is 1.70. The van der Waals surface area contributed by atoms with Crippen LogP contribution < -0.4 is 10.9 Å². The smallest absolute Gasteiger partial charge is 0.258 e. The highest BCUT2D eigenvalue weighted by Crippen LogP contribution is 2.10. The number of carbonyl (C=O) groups excluding carboxylic acids is 2. The molecule has 19 heavy (non-hydrogen) atoms. The van der Waals surface area contributed by atoms with Crippen LogP contribution in [0.3, 0.4) is 0 Å². The Morgan fingerprint density at radius 2 is 2.11 bits per heavy atom. The third-order valence-electron chi connectivity index (χ3n) is 2.58. The van der Waals surface area contributed by atoms with Crippen LogP contribution in [0.5, 0.6) is 5.75 Å². The van der Waals surface area contributed by atoms with Crippen molar-refractivity contribution in [3.8, 4) is 5.75 Å². The molecule has 0 radical (unpaired) electrons. The van der Waals surface area contributed by atoms with E-state index in [4.69, 9.17) is 5.11 Å². The van der Waals surface area contributed by atoms with Crippen LogP contribution in [0.15, 0.2) is 34.5 Å². The fraction of sp³-hybridized carbons (Fsp3) is 0.167. The lowest BCUT2D eigenvalue weighted by Gasteiger charge is -2.05. The number of phenolic OH excluding ortho intramolecular Hbond substituents is 1. The van der Waals surface area contributed by atoms with Crippen LogP contribution in [0.2, 0.25) is 0 Å².